The van der Waals surface area contributed by atoms with E-state index in [1.807, 2.05) is 24.3 Å². The molecular weight excluding hydrogens is 370 g/mol. The summed E-state index contributed by atoms with van der Waals surface area (Å²) in [6.07, 6.45) is 1.97. The third kappa shape index (κ3) is 4.56. The fourth-order valence-electron chi connectivity index (χ4n) is 3.36. The highest BCUT2D eigenvalue weighted by molar-refractivity contribution is 6.32. The maximum absolute atomic E-state index is 12.5. The zero-order valence-corrected chi connectivity index (χ0v) is 15.6. The SMILES string of the molecule is COc1cccc(C2CCCN2CC(=O)Nc2ccc(Cl)c([N+](=O)[O-])c2)c1. The van der Waals surface area contributed by atoms with Gasteiger partial charge in [-0.1, -0.05) is 23.7 Å². The van der Waals surface area contributed by atoms with Crippen molar-refractivity contribution in [3.05, 3.63) is 63.2 Å². The maximum atomic E-state index is 12.5. The molecule has 1 N–H and O–H groups in total. The van der Waals surface area contributed by atoms with Gasteiger partial charge in [0.1, 0.15) is 10.8 Å². The molecule has 0 aliphatic carbocycles. The third-order valence-corrected chi connectivity index (χ3v) is 4.94. The molecule has 0 aromatic heterocycles. The molecule has 1 aliphatic heterocycles. The van der Waals surface area contributed by atoms with Crippen molar-refractivity contribution in [2.75, 3.05) is 25.5 Å². The summed E-state index contributed by atoms with van der Waals surface area (Å²) < 4.78 is 5.29. The Bertz CT molecular complexity index is 859. The number of carbonyl (C=O) groups is 1. The molecule has 1 atom stereocenters. The minimum Gasteiger partial charge on any atom is -0.497 e. The number of hydrogen-bond acceptors (Lipinski definition) is 5. The number of nitro benzene ring substituents is 1. The number of carbonyl (C=O) groups excluding carboxylic acids is 1. The molecule has 7 nitrogen and oxygen atoms in total. The molecule has 1 heterocycles. The van der Waals surface area contributed by atoms with Crippen molar-refractivity contribution in [2.45, 2.75) is 18.9 Å². The van der Waals surface area contributed by atoms with Gasteiger partial charge in [-0.25, -0.2) is 0 Å². The van der Waals surface area contributed by atoms with Crippen LogP contribution in [0.25, 0.3) is 0 Å². The van der Waals surface area contributed by atoms with E-state index in [1.165, 1.54) is 12.1 Å². The molecule has 3 rings (SSSR count). The average Bonchev–Trinajstić information content (AvgIpc) is 3.11. The number of halogens is 1. The van der Waals surface area contributed by atoms with Gasteiger partial charge in [-0.2, -0.15) is 0 Å². The Hall–Kier alpha value is -2.64. The zero-order valence-electron chi connectivity index (χ0n) is 14.9. The molecular formula is C19H20ClN3O4. The predicted octanol–water partition coefficient (Wildman–Crippen LogP) is 4.03. The van der Waals surface area contributed by atoms with Crippen molar-refractivity contribution in [1.82, 2.24) is 4.90 Å². The Kier molecular flexibility index (Phi) is 5.93. The van der Waals surface area contributed by atoms with Gasteiger partial charge in [-0.3, -0.25) is 19.8 Å². The van der Waals surface area contributed by atoms with Gasteiger partial charge in [0.2, 0.25) is 5.91 Å². The molecule has 0 saturated carbocycles. The second-order valence-electron chi connectivity index (χ2n) is 6.38. The van der Waals surface area contributed by atoms with E-state index >= 15 is 0 Å². The number of hydrogen-bond donors (Lipinski definition) is 1. The number of anilines is 1. The first-order chi connectivity index (χ1) is 13.0. The number of methoxy groups -OCH3 is 1. The molecule has 1 saturated heterocycles. The van der Waals surface area contributed by atoms with E-state index in [9.17, 15) is 14.9 Å². The molecule has 0 spiro atoms. The summed E-state index contributed by atoms with van der Waals surface area (Å²) in [5.74, 6) is 0.568. The summed E-state index contributed by atoms with van der Waals surface area (Å²) in [5.41, 5.74) is 1.24. The first-order valence-corrected chi connectivity index (χ1v) is 8.97. The second-order valence-corrected chi connectivity index (χ2v) is 6.78. The fraction of sp³-hybridized carbons (Fsp3) is 0.316. The Morgan fingerprint density at radius 2 is 2.19 bits per heavy atom. The average molecular weight is 390 g/mol. The first kappa shape index (κ1) is 19.1. The summed E-state index contributed by atoms with van der Waals surface area (Å²) in [6.45, 7) is 1.02. The van der Waals surface area contributed by atoms with Gasteiger partial charge >= 0.3 is 0 Å². The molecule has 2 aromatic carbocycles. The predicted molar refractivity (Wildman–Crippen MR) is 103 cm³/mol. The smallest absolute Gasteiger partial charge is 0.289 e. The van der Waals surface area contributed by atoms with Gasteiger partial charge in [0.15, 0.2) is 0 Å². The molecule has 0 radical (unpaired) electrons. The summed E-state index contributed by atoms with van der Waals surface area (Å²) in [4.78, 5) is 25.0. The highest BCUT2D eigenvalue weighted by Crippen LogP contribution is 2.33. The topological polar surface area (TPSA) is 84.7 Å². The molecule has 1 unspecified atom stereocenters. The van der Waals surface area contributed by atoms with Gasteiger partial charge in [-0.15, -0.1) is 0 Å². The van der Waals surface area contributed by atoms with Crippen LogP contribution in [-0.4, -0.2) is 35.9 Å². The molecule has 1 aliphatic rings. The van der Waals surface area contributed by atoms with Crippen LogP contribution in [0.15, 0.2) is 42.5 Å². The van der Waals surface area contributed by atoms with Gasteiger partial charge in [-0.05, 0) is 49.2 Å². The van der Waals surface area contributed by atoms with Crippen LogP contribution >= 0.6 is 11.6 Å². The highest BCUT2D eigenvalue weighted by Gasteiger charge is 2.28. The standard InChI is InChI=1S/C19H20ClN3O4/c1-27-15-5-2-4-13(10-15)17-6-3-9-22(17)12-19(24)21-14-7-8-16(20)18(11-14)23(25)26/h2,4-5,7-8,10-11,17H,3,6,9,12H2,1H3,(H,21,24). The van der Waals surface area contributed by atoms with Crippen LogP contribution in [0.2, 0.25) is 5.02 Å². The van der Waals surface area contributed by atoms with E-state index < -0.39 is 4.92 Å². The largest absolute Gasteiger partial charge is 0.497 e. The maximum Gasteiger partial charge on any atom is 0.289 e. The highest BCUT2D eigenvalue weighted by atomic mass is 35.5. The molecule has 27 heavy (non-hydrogen) atoms. The monoisotopic (exact) mass is 389 g/mol. The van der Waals surface area contributed by atoms with Crippen LogP contribution in [0.5, 0.6) is 5.75 Å². The fourth-order valence-corrected chi connectivity index (χ4v) is 3.54. The summed E-state index contributed by atoms with van der Waals surface area (Å²) in [5, 5.41) is 13.7. The number of benzene rings is 2. The van der Waals surface area contributed by atoms with Crippen LogP contribution in [0, 0.1) is 10.1 Å². The normalized spacial score (nSPS) is 16.9. The molecule has 8 heteroatoms. The number of nitro groups is 1. The molecule has 1 fully saturated rings. The van der Waals surface area contributed by atoms with Crippen LogP contribution in [0.4, 0.5) is 11.4 Å². The Balaban J connectivity index is 1.68. The Labute approximate surface area is 162 Å². The van der Waals surface area contributed by atoms with E-state index in [0.29, 0.717) is 5.69 Å². The number of nitrogens with one attached hydrogen (secondary N) is 1. The Morgan fingerprint density at radius 1 is 1.37 bits per heavy atom. The van der Waals surface area contributed by atoms with E-state index in [0.717, 1.165) is 30.7 Å². The number of nitrogens with zero attached hydrogens (tertiary/aromatic N) is 2. The van der Waals surface area contributed by atoms with E-state index in [4.69, 9.17) is 16.3 Å². The van der Waals surface area contributed by atoms with Crippen molar-refractivity contribution >= 4 is 28.9 Å². The lowest BCUT2D eigenvalue weighted by atomic mass is 10.0. The number of ether oxygens (including phenoxy) is 1. The summed E-state index contributed by atoms with van der Waals surface area (Å²) >= 11 is 5.80. The lowest BCUT2D eigenvalue weighted by molar-refractivity contribution is -0.384. The van der Waals surface area contributed by atoms with Crippen molar-refractivity contribution < 1.29 is 14.5 Å². The lowest BCUT2D eigenvalue weighted by Crippen LogP contribution is -2.32. The first-order valence-electron chi connectivity index (χ1n) is 8.59. The van der Waals surface area contributed by atoms with Crippen molar-refractivity contribution in [3.8, 4) is 5.75 Å². The number of amides is 1. The van der Waals surface area contributed by atoms with Gasteiger partial charge in [0.05, 0.1) is 18.6 Å². The summed E-state index contributed by atoms with van der Waals surface area (Å²) in [7, 11) is 1.63. The van der Waals surface area contributed by atoms with Gasteiger partial charge in [0.25, 0.3) is 5.69 Å². The van der Waals surface area contributed by atoms with Crippen molar-refractivity contribution in [1.29, 1.82) is 0 Å². The minimum absolute atomic E-state index is 0.0376. The zero-order chi connectivity index (χ0) is 19.4. The number of likely N-dealkylation sites (tertiary alicyclic amines) is 1. The van der Waals surface area contributed by atoms with Gasteiger partial charge in [0, 0.05) is 17.8 Å². The van der Waals surface area contributed by atoms with Crippen LogP contribution in [0.1, 0.15) is 24.4 Å². The van der Waals surface area contributed by atoms with E-state index in [2.05, 4.69) is 10.2 Å². The number of rotatable bonds is 6. The van der Waals surface area contributed by atoms with Gasteiger partial charge < -0.3 is 10.1 Å². The second kappa shape index (κ2) is 8.37. The third-order valence-electron chi connectivity index (χ3n) is 4.62. The van der Waals surface area contributed by atoms with Crippen LogP contribution < -0.4 is 10.1 Å². The van der Waals surface area contributed by atoms with Crippen LogP contribution in [0.3, 0.4) is 0 Å². The van der Waals surface area contributed by atoms with Crippen molar-refractivity contribution in [3.63, 3.8) is 0 Å². The molecule has 142 valence electrons. The summed E-state index contributed by atoms with van der Waals surface area (Å²) in [6, 6.07) is 12.2. The van der Waals surface area contributed by atoms with Crippen LogP contribution in [-0.2, 0) is 4.79 Å². The minimum atomic E-state index is -0.572. The molecule has 1 amide bonds. The van der Waals surface area contributed by atoms with Crippen molar-refractivity contribution in [2.24, 2.45) is 0 Å². The van der Waals surface area contributed by atoms with E-state index in [-0.39, 0.29) is 29.2 Å². The molecule has 0 bridgehead atoms. The molecule has 2 aromatic rings. The van der Waals surface area contributed by atoms with E-state index in [1.54, 1.807) is 13.2 Å². The quantitative estimate of drug-likeness (QED) is 0.595. The Morgan fingerprint density at radius 3 is 2.93 bits per heavy atom. The lowest BCUT2D eigenvalue weighted by Gasteiger charge is -2.24.